The van der Waals surface area contributed by atoms with Gasteiger partial charge in [-0.05, 0) is 6.42 Å². The first-order chi connectivity index (χ1) is 8.80. The zero-order chi connectivity index (χ0) is 14.5. The molecule has 1 aromatic rings. The Balaban J connectivity index is 2.67. The standard InChI is InChI=1S/C10H14F3N3O3/c1-2-3-7-14-8(19-15-7)4-16(5-9(17)18)6-10(11,12)13/h2-6H2,1H3,(H,17,18). The number of aryl methyl sites for hydroxylation is 1. The molecule has 1 N–H and O–H groups in total. The third kappa shape index (κ3) is 6.18. The van der Waals surface area contributed by atoms with Gasteiger partial charge in [0.05, 0.1) is 19.6 Å². The zero-order valence-electron chi connectivity index (χ0n) is 10.3. The number of aliphatic carboxylic acids is 1. The quantitative estimate of drug-likeness (QED) is 0.815. The van der Waals surface area contributed by atoms with E-state index in [0.717, 1.165) is 6.42 Å². The van der Waals surface area contributed by atoms with Gasteiger partial charge in [-0.25, -0.2) is 0 Å². The molecule has 0 saturated carbocycles. The second kappa shape index (κ2) is 6.50. The third-order valence-corrected chi connectivity index (χ3v) is 2.10. The molecule has 0 fully saturated rings. The lowest BCUT2D eigenvalue weighted by atomic mass is 10.3. The summed E-state index contributed by atoms with van der Waals surface area (Å²) in [5.41, 5.74) is 0. The maximum atomic E-state index is 12.3. The number of carboxylic acid groups (broad SMARTS) is 1. The largest absolute Gasteiger partial charge is 0.480 e. The van der Waals surface area contributed by atoms with Crippen LogP contribution in [0, 0.1) is 0 Å². The highest BCUT2D eigenvalue weighted by atomic mass is 19.4. The van der Waals surface area contributed by atoms with Crippen LogP contribution in [0.25, 0.3) is 0 Å². The average molecular weight is 281 g/mol. The summed E-state index contributed by atoms with van der Waals surface area (Å²) in [6, 6.07) is 0. The van der Waals surface area contributed by atoms with Crippen molar-refractivity contribution in [1.82, 2.24) is 15.0 Å². The highest BCUT2D eigenvalue weighted by Crippen LogP contribution is 2.17. The van der Waals surface area contributed by atoms with E-state index in [1.165, 1.54) is 0 Å². The van der Waals surface area contributed by atoms with Gasteiger partial charge in [0.15, 0.2) is 5.82 Å². The number of halogens is 3. The van der Waals surface area contributed by atoms with Gasteiger partial charge in [-0.2, -0.15) is 18.2 Å². The van der Waals surface area contributed by atoms with Crippen LogP contribution in [0.2, 0.25) is 0 Å². The van der Waals surface area contributed by atoms with Crippen LogP contribution < -0.4 is 0 Å². The van der Waals surface area contributed by atoms with Gasteiger partial charge in [0.25, 0.3) is 0 Å². The second-order valence-corrected chi connectivity index (χ2v) is 4.01. The van der Waals surface area contributed by atoms with E-state index >= 15 is 0 Å². The Morgan fingerprint density at radius 1 is 1.47 bits per heavy atom. The van der Waals surface area contributed by atoms with Crippen molar-refractivity contribution in [3.63, 3.8) is 0 Å². The predicted molar refractivity (Wildman–Crippen MR) is 57.3 cm³/mol. The topological polar surface area (TPSA) is 79.5 Å². The number of carboxylic acids is 1. The van der Waals surface area contributed by atoms with Crippen LogP contribution in [-0.4, -0.2) is 45.4 Å². The van der Waals surface area contributed by atoms with Crippen LogP contribution in [0.15, 0.2) is 4.52 Å². The van der Waals surface area contributed by atoms with Crippen molar-refractivity contribution in [2.45, 2.75) is 32.5 Å². The summed E-state index contributed by atoms with van der Waals surface area (Å²) in [5, 5.41) is 12.2. The van der Waals surface area contributed by atoms with Crippen molar-refractivity contribution in [3.05, 3.63) is 11.7 Å². The Morgan fingerprint density at radius 2 is 2.16 bits per heavy atom. The average Bonchev–Trinajstić information content (AvgIpc) is 2.62. The Labute approximate surface area is 107 Å². The highest BCUT2D eigenvalue weighted by Gasteiger charge is 2.32. The molecule has 0 bridgehead atoms. The summed E-state index contributed by atoms with van der Waals surface area (Å²) in [6.45, 7) is -0.533. The summed E-state index contributed by atoms with van der Waals surface area (Å²) in [6.07, 6.45) is -3.15. The van der Waals surface area contributed by atoms with Gasteiger partial charge in [0.1, 0.15) is 0 Å². The van der Waals surface area contributed by atoms with E-state index in [9.17, 15) is 18.0 Å². The Bertz CT molecular complexity index is 420. The molecule has 0 saturated heterocycles. The van der Waals surface area contributed by atoms with Crippen LogP contribution in [0.5, 0.6) is 0 Å². The van der Waals surface area contributed by atoms with Crippen LogP contribution in [0.4, 0.5) is 13.2 Å². The fourth-order valence-corrected chi connectivity index (χ4v) is 1.48. The second-order valence-electron chi connectivity index (χ2n) is 4.01. The lowest BCUT2D eigenvalue weighted by Crippen LogP contribution is -2.37. The molecule has 0 spiro atoms. The SMILES string of the molecule is CCCc1noc(CN(CC(=O)O)CC(F)(F)F)n1. The maximum absolute atomic E-state index is 12.3. The molecule has 0 aliphatic heterocycles. The molecule has 108 valence electrons. The summed E-state index contributed by atoms with van der Waals surface area (Å²) >= 11 is 0. The summed E-state index contributed by atoms with van der Waals surface area (Å²) < 4.78 is 41.6. The molecular formula is C10H14F3N3O3. The highest BCUT2D eigenvalue weighted by molar-refractivity contribution is 5.69. The van der Waals surface area contributed by atoms with Gasteiger partial charge in [-0.1, -0.05) is 12.1 Å². The van der Waals surface area contributed by atoms with Crippen LogP contribution in [0.1, 0.15) is 25.1 Å². The zero-order valence-corrected chi connectivity index (χ0v) is 10.3. The first-order valence-electron chi connectivity index (χ1n) is 5.62. The fourth-order valence-electron chi connectivity index (χ4n) is 1.48. The van der Waals surface area contributed by atoms with Crippen molar-refractivity contribution < 1.29 is 27.6 Å². The first kappa shape index (κ1) is 15.4. The van der Waals surface area contributed by atoms with Gasteiger partial charge in [-0.15, -0.1) is 0 Å². The Morgan fingerprint density at radius 3 is 2.68 bits per heavy atom. The van der Waals surface area contributed by atoms with E-state index in [1.807, 2.05) is 6.92 Å². The van der Waals surface area contributed by atoms with Gasteiger partial charge in [0, 0.05) is 6.42 Å². The summed E-state index contributed by atoms with van der Waals surface area (Å²) in [5.74, 6) is -0.966. The van der Waals surface area contributed by atoms with E-state index in [-0.39, 0.29) is 12.4 Å². The lowest BCUT2D eigenvalue weighted by molar-refractivity contribution is -0.155. The van der Waals surface area contributed by atoms with Gasteiger partial charge in [-0.3, -0.25) is 9.69 Å². The van der Waals surface area contributed by atoms with Crippen molar-refractivity contribution in [1.29, 1.82) is 0 Å². The van der Waals surface area contributed by atoms with Crippen molar-refractivity contribution in [2.75, 3.05) is 13.1 Å². The number of rotatable bonds is 7. The lowest BCUT2D eigenvalue weighted by Gasteiger charge is -2.19. The molecule has 19 heavy (non-hydrogen) atoms. The number of hydrogen-bond donors (Lipinski definition) is 1. The number of hydrogen-bond acceptors (Lipinski definition) is 5. The van der Waals surface area contributed by atoms with Gasteiger partial charge in [0.2, 0.25) is 5.89 Å². The first-order valence-corrected chi connectivity index (χ1v) is 5.62. The summed E-state index contributed by atoms with van der Waals surface area (Å²) in [4.78, 5) is 15.1. The Hall–Kier alpha value is -1.64. The van der Waals surface area contributed by atoms with Crippen molar-refractivity contribution in [3.8, 4) is 0 Å². The van der Waals surface area contributed by atoms with Crippen LogP contribution >= 0.6 is 0 Å². The molecular weight excluding hydrogens is 267 g/mol. The van der Waals surface area contributed by atoms with E-state index in [4.69, 9.17) is 9.63 Å². The molecule has 0 aliphatic rings. The molecule has 1 heterocycles. The fraction of sp³-hybridized carbons (Fsp3) is 0.700. The molecule has 1 rings (SSSR count). The van der Waals surface area contributed by atoms with Crippen molar-refractivity contribution in [2.24, 2.45) is 0 Å². The molecule has 0 aliphatic carbocycles. The number of aromatic nitrogens is 2. The number of nitrogens with zero attached hydrogens (tertiary/aromatic N) is 3. The van der Waals surface area contributed by atoms with Gasteiger partial charge >= 0.3 is 12.1 Å². The molecule has 1 aromatic heterocycles. The van der Waals surface area contributed by atoms with E-state index in [2.05, 4.69) is 10.1 Å². The van der Waals surface area contributed by atoms with Crippen LogP contribution in [0.3, 0.4) is 0 Å². The van der Waals surface area contributed by atoms with Crippen molar-refractivity contribution >= 4 is 5.97 Å². The third-order valence-electron chi connectivity index (χ3n) is 2.10. The smallest absolute Gasteiger partial charge is 0.401 e. The molecule has 9 heteroatoms. The minimum Gasteiger partial charge on any atom is -0.480 e. The number of carbonyl (C=O) groups is 1. The minimum atomic E-state index is -4.48. The van der Waals surface area contributed by atoms with E-state index in [1.54, 1.807) is 0 Å². The van der Waals surface area contributed by atoms with Crippen LogP contribution in [-0.2, 0) is 17.8 Å². The monoisotopic (exact) mass is 281 g/mol. The molecule has 0 radical (unpaired) electrons. The maximum Gasteiger partial charge on any atom is 0.401 e. The normalized spacial score (nSPS) is 12.1. The van der Waals surface area contributed by atoms with E-state index in [0.29, 0.717) is 17.1 Å². The predicted octanol–water partition coefficient (Wildman–Crippen LogP) is 1.47. The van der Waals surface area contributed by atoms with Gasteiger partial charge < -0.3 is 9.63 Å². The number of alkyl halides is 3. The molecule has 6 nitrogen and oxygen atoms in total. The molecule has 0 amide bonds. The minimum absolute atomic E-state index is 0.0195. The molecule has 0 aromatic carbocycles. The summed E-state index contributed by atoms with van der Waals surface area (Å²) in [7, 11) is 0. The molecule has 0 atom stereocenters. The molecule has 0 unspecified atom stereocenters. The Kier molecular flexibility index (Phi) is 5.28. The van der Waals surface area contributed by atoms with E-state index < -0.39 is 25.2 Å².